The Labute approximate surface area is 90.4 Å². The van der Waals surface area contributed by atoms with E-state index < -0.39 is 11.9 Å². The number of carbonyl (C=O) groups excluding carboxylic acids is 1. The number of nitrogens with two attached hydrogens (primary N) is 1. The summed E-state index contributed by atoms with van der Waals surface area (Å²) < 4.78 is 4.90. The third kappa shape index (κ3) is 2.85. The summed E-state index contributed by atoms with van der Waals surface area (Å²) in [5.74, 6) is -1.89. The predicted octanol–water partition coefficient (Wildman–Crippen LogP) is 0.902. The molecule has 3 N–H and O–H groups in total. The molecule has 6 heteroatoms. The molecule has 0 heterocycles. The molecule has 5 nitrogen and oxygen atoms in total. The van der Waals surface area contributed by atoms with Gasteiger partial charge in [0.1, 0.15) is 11.3 Å². The van der Waals surface area contributed by atoms with Crippen LogP contribution in [0, 0.1) is 0 Å². The first-order valence-corrected chi connectivity index (χ1v) is 4.33. The molecule has 0 atom stereocenters. The van der Waals surface area contributed by atoms with Gasteiger partial charge in [0, 0.05) is 0 Å². The van der Waals surface area contributed by atoms with Crippen LogP contribution in [-0.2, 0) is 4.79 Å². The van der Waals surface area contributed by atoms with Crippen molar-refractivity contribution in [3.8, 4) is 5.75 Å². The van der Waals surface area contributed by atoms with Crippen LogP contribution >= 0.6 is 11.6 Å². The first-order chi connectivity index (χ1) is 7.02. The summed E-state index contributed by atoms with van der Waals surface area (Å²) in [7, 11) is 0. The summed E-state index contributed by atoms with van der Waals surface area (Å²) >= 11 is 5.66. The average molecular weight is 230 g/mol. The van der Waals surface area contributed by atoms with Crippen LogP contribution in [0.2, 0.25) is 5.02 Å². The highest BCUT2D eigenvalue weighted by molar-refractivity contribution is 6.33. The molecule has 0 aromatic heterocycles. The molecule has 0 bridgehead atoms. The molecule has 1 aromatic carbocycles. The van der Waals surface area contributed by atoms with Crippen molar-refractivity contribution in [1.29, 1.82) is 0 Å². The molecule has 1 rings (SSSR count). The van der Waals surface area contributed by atoms with E-state index in [-0.39, 0.29) is 22.9 Å². The van der Waals surface area contributed by atoms with Crippen LogP contribution < -0.4 is 10.5 Å². The maximum absolute atomic E-state index is 10.8. The SMILES string of the molecule is NC(=O)COc1cccc(Cl)c1C(=O)O. The minimum atomic E-state index is -1.22. The minimum Gasteiger partial charge on any atom is -0.483 e. The average Bonchev–Trinajstić information content (AvgIpc) is 2.13. The van der Waals surface area contributed by atoms with E-state index >= 15 is 0 Å². The Kier molecular flexibility index (Phi) is 3.51. The fourth-order valence-corrected chi connectivity index (χ4v) is 1.23. The van der Waals surface area contributed by atoms with Crippen molar-refractivity contribution in [2.75, 3.05) is 6.61 Å². The number of benzene rings is 1. The van der Waals surface area contributed by atoms with E-state index in [9.17, 15) is 9.59 Å². The van der Waals surface area contributed by atoms with Crippen molar-refractivity contribution in [2.45, 2.75) is 0 Å². The molecular weight excluding hydrogens is 222 g/mol. The zero-order valence-electron chi connectivity index (χ0n) is 7.57. The van der Waals surface area contributed by atoms with Crippen LogP contribution in [0.4, 0.5) is 0 Å². The van der Waals surface area contributed by atoms with Gasteiger partial charge in [0.15, 0.2) is 6.61 Å². The number of carbonyl (C=O) groups is 2. The summed E-state index contributed by atoms with van der Waals surface area (Å²) in [6.07, 6.45) is 0. The summed E-state index contributed by atoms with van der Waals surface area (Å²) in [6, 6.07) is 4.34. The lowest BCUT2D eigenvalue weighted by Gasteiger charge is -2.08. The predicted molar refractivity (Wildman–Crippen MR) is 53.1 cm³/mol. The maximum atomic E-state index is 10.8. The molecule has 0 aliphatic rings. The van der Waals surface area contributed by atoms with Gasteiger partial charge < -0.3 is 15.6 Å². The summed E-state index contributed by atoms with van der Waals surface area (Å²) in [5, 5.41) is 8.88. The zero-order chi connectivity index (χ0) is 11.4. The molecule has 0 spiro atoms. The van der Waals surface area contributed by atoms with Gasteiger partial charge in [-0.15, -0.1) is 0 Å². The fourth-order valence-electron chi connectivity index (χ4n) is 0.981. The van der Waals surface area contributed by atoms with E-state index in [0.29, 0.717) is 0 Å². The Morgan fingerprint density at radius 3 is 2.67 bits per heavy atom. The highest BCUT2D eigenvalue weighted by Crippen LogP contribution is 2.26. The quantitative estimate of drug-likeness (QED) is 0.803. The van der Waals surface area contributed by atoms with Gasteiger partial charge in [0.05, 0.1) is 5.02 Å². The van der Waals surface area contributed by atoms with Crippen molar-refractivity contribution in [2.24, 2.45) is 5.73 Å². The van der Waals surface area contributed by atoms with Crippen LogP contribution in [0.15, 0.2) is 18.2 Å². The topological polar surface area (TPSA) is 89.6 Å². The first kappa shape index (κ1) is 11.3. The second-order valence-electron chi connectivity index (χ2n) is 2.67. The normalized spacial score (nSPS) is 9.67. The molecule has 0 saturated heterocycles. The highest BCUT2D eigenvalue weighted by atomic mass is 35.5. The first-order valence-electron chi connectivity index (χ1n) is 3.95. The lowest BCUT2D eigenvalue weighted by atomic mass is 10.2. The number of carboxylic acids is 1. The largest absolute Gasteiger partial charge is 0.483 e. The van der Waals surface area contributed by atoms with Crippen molar-refractivity contribution in [1.82, 2.24) is 0 Å². The Bertz CT molecular complexity index is 405. The highest BCUT2D eigenvalue weighted by Gasteiger charge is 2.15. The number of hydrogen-bond donors (Lipinski definition) is 2. The lowest BCUT2D eigenvalue weighted by Crippen LogP contribution is -2.20. The second-order valence-corrected chi connectivity index (χ2v) is 3.08. The van der Waals surface area contributed by atoms with Gasteiger partial charge in [-0.1, -0.05) is 17.7 Å². The summed E-state index contributed by atoms with van der Waals surface area (Å²) in [5.41, 5.74) is 4.68. The molecule has 0 radical (unpaired) electrons. The number of amides is 1. The number of aromatic carboxylic acids is 1. The van der Waals surface area contributed by atoms with Crippen LogP contribution in [-0.4, -0.2) is 23.6 Å². The van der Waals surface area contributed by atoms with Crippen molar-refractivity contribution < 1.29 is 19.4 Å². The monoisotopic (exact) mass is 229 g/mol. The van der Waals surface area contributed by atoms with Crippen molar-refractivity contribution >= 4 is 23.5 Å². The van der Waals surface area contributed by atoms with Crippen molar-refractivity contribution in [3.05, 3.63) is 28.8 Å². The standard InChI is InChI=1S/C9H8ClNO4/c10-5-2-1-3-6(8(5)9(13)14)15-4-7(11)12/h1-3H,4H2,(H2,11,12)(H,13,14). The smallest absolute Gasteiger partial charge is 0.341 e. The molecule has 0 unspecified atom stereocenters. The van der Waals surface area contributed by atoms with Gasteiger partial charge in [-0.05, 0) is 12.1 Å². The second kappa shape index (κ2) is 4.65. The third-order valence-electron chi connectivity index (χ3n) is 1.56. The van der Waals surface area contributed by atoms with Gasteiger partial charge in [-0.2, -0.15) is 0 Å². The number of halogens is 1. The van der Waals surface area contributed by atoms with Gasteiger partial charge in [0.25, 0.3) is 5.91 Å². The fraction of sp³-hybridized carbons (Fsp3) is 0.111. The Morgan fingerprint density at radius 1 is 1.47 bits per heavy atom. The van der Waals surface area contributed by atoms with E-state index in [1.807, 2.05) is 0 Å². The number of ether oxygens (including phenoxy) is 1. The van der Waals surface area contributed by atoms with Crippen LogP contribution in [0.25, 0.3) is 0 Å². The Morgan fingerprint density at radius 2 is 2.13 bits per heavy atom. The number of carboxylic acid groups (broad SMARTS) is 1. The Hall–Kier alpha value is -1.75. The molecule has 0 fully saturated rings. The Balaban J connectivity index is 3.01. The van der Waals surface area contributed by atoms with Crippen molar-refractivity contribution in [3.63, 3.8) is 0 Å². The maximum Gasteiger partial charge on any atom is 0.341 e. The molecular formula is C9H8ClNO4. The zero-order valence-corrected chi connectivity index (χ0v) is 8.32. The molecule has 80 valence electrons. The molecule has 0 aliphatic heterocycles. The molecule has 1 aromatic rings. The van der Waals surface area contributed by atoms with E-state index in [4.69, 9.17) is 27.2 Å². The van der Waals surface area contributed by atoms with Crippen LogP contribution in [0.5, 0.6) is 5.75 Å². The summed E-state index contributed by atoms with van der Waals surface area (Å²) in [4.78, 5) is 21.3. The number of hydrogen-bond acceptors (Lipinski definition) is 3. The minimum absolute atomic E-state index is 0.0220. The van der Waals surface area contributed by atoms with E-state index in [2.05, 4.69) is 0 Å². The van der Waals surface area contributed by atoms with Crippen LogP contribution in [0.3, 0.4) is 0 Å². The molecule has 0 aliphatic carbocycles. The van der Waals surface area contributed by atoms with Crippen LogP contribution in [0.1, 0.15) is 10.4 Å². The van der Waals surface area contributed by atoms with E-state index in [1.54, 1.807) is 0 Å². The lowest BCUT2D eigenvalue weighted by molar-refractivity contribution is -0.119. The van der Waals surface area contributed by atoms with Gasteiger partial charge in [-0.3, -0.25) is 4.79 Å². The van der Waals surface area contributed by atoms with Gasteiger partial charge >= 0.3 is 5.97 Å². The summed E-state index contributed by atoms with van der Waals surface area (Å²) in [6.45, 7) is -0.388. The van der Waals surface area contributed by atoms with E-state index in [0.717, 1.165) is 0 Å². The molecule has 15 heavy (non-hydrogen) atoms. The third-order valence-corrected chi connectivity index (χ3v) is 1.87. The van der Waals surface area contributed by atoms with E-state index in [1.165, 1.54) is 18.2 Å². The number of rotatable bonds is 4. The van der Waals surface area contributed by atoms with Gasteiger partial charge in [-0.25, -0.2) is 4.79 Å². The molecule has 1 amide bonds. The molecule has 0 saturated carbocycles. The van der Waals surface area contributed by atoms with Gasteiger partial charge in [0.2, 0.25) is 0 Å². The number of primary amides is 1.